The van der Waals surface area contributed by atoms with Crippen molar-refractivity contribution < 1.29 is 13.2 Å². The third-order valence-corrected chi connectivity index (χ3v) is 6.43. The zero-order valence-electron chi connectivity index (χ0n) is 15.3. The molecule has 1 aliphatic rings. The number of hydrogen-bond acceptors (Lipinski definition) is 4. The average Bonchev–Trinajstić information content (AvgIpc) is 3.07. The monoisotopic (exact) mass is 393 g/mol. The van der Waals surface area contributed by atoms with Gasteiger partial charge in [0.15, 0.2) is 0 Å². The van der Waals surface area contributed by atoms with Gasteiger partial charge in [0.05, 0.1) is 23.5 Å². The van der Waals surface area contributed by atoms with E-state index < -0.39 is 10.0 Å². The van der Waals surface area contributed by atoms with Crippen LogP contribution in [0.15, 0.2) is 71.9 Å². The molecule has 0 spiro atoms. The molecule has 0 saturated carbocycles. The maximum atomic E-state index is 13.5. The van der Waals surface area contributed by atoms with Gasteiger partial charge in [0, 0.05) is 18.1 Å². The van der Waals surface area contributed by atoms with Crippen molar-refractivity contribution in [1.82, 2.24) is 4.98 Å². The highest BCUT2D eigenvalue weighted by molar-refractivity contribution is 7.92. The van der Waals surface area contributed by atoms with Crippen LogP contribution in [-0.4, -0.2) is 19.3 Å². The number of amides is 1. The molecule has 0 aliphatic carbocycles. The molecule has 0 unspecified atom stereocenters. The van der Waals surface area contributed by atoms with Crippen LogP contribution in [0.3, 0.4) is 0 Å². The molecule has 0 radical (unpaired) electrons. The fourth-order valence-electron chi connectivity index (χ4n) is 3.18. The summed E-state index contributed by atoms with van der Waals surface area (Å²) in [7, 11) is -3.84. The Hall–Kier alpha value is -3.19. The average molecular weight is 393 g/mol. The fraction of sp³-hybridized carbons (Fsp3) is 0.143. The SMILES string of the molecule is Cc1ccc(N(Cc2cccnc2)S(=O)(=O)c2ccc3c(c2)CC(=O)N3)cc1. The topological polar surface area (TPSA) is 79.4 Å². The Morgan fingerprint density at radius 1 is 1.11 bits per heavy atom. The first kappa shape index (κ1) is 18.2. The predicted molar refractivity (Wildman–Crippen MR) is 108 cm³/mol. The number of sulfonamides is 1. The lowest BCUT2D eigenvalue weighted by Crippen LogP contribution is -2.30. The second-order valence-corrected chi connectivity index (χ2v) is 8.61. The summed E-state index contributed by atoms with van der Waals surface area (Å²) in [5.41, 5.74) is 3.76. The van der Waals surface area contributed by atoms with Gasteiger partial charge in [-0.25, -0.2) is 8.42 Å². The van der Waals surface area contributed by atoms with Crippen LogP contribution in [0.2, 0.25) is 0 Å². The molecule has 1 N–H and O–H groups in total. The zero-order chi connectivity index (χ0) is 19.7. The number of aryl methyl sites for hydroxylation is 1. The van der Waals surface area contributed by atoms with Gasteiger partial charge in [0.25, 0.3) is 10.0 Å². The number of carbonyl (C=O) groups excluding carboxylic acids is 1. The highest BCUT2D eigenvalue weighted by atomic mass is 32.2. The highest BCUT2D eigenvalue weighted by Crippen LogP contribution is 2.30. The molecule has 4 rings (SSSR count). The molecule has 1 aliphatic heterocycles. The minimum atomic E-state index is -3.84. The lowest BCUT2D eigenvalue weighted by atomic mass is 10.2. The van der Waals surface area contributed by atoms with Crippen LogP contribution in [0.5, 0.6) is 0 Å². The number of fused-ring (bicyclic) bond motifs is 1. The van der Waals surface area contributed by atoms with Crippen LogP contribution in [0.1, 0.15) is 16.7 Å². The molecule has 142 valence electrons. The summed E-state index contributed by atoms with van der Waals surface area (Å²) in [6.07, 6.45) is 3.49. The minimum absolute atomic E-state index is 0.129. The number of hydrogen-bond donors (Lipinski definition) is 1. The highest BCUT2D eigenvalue weighted by Gasteiger charge is 2.28. The Bertz CT molecular complexity index is 1130. The lowest BCUT2D eigenvalue weighted by Gasteiger charge is -2.25. The number of aromatic nitrogens is 1. The smallest absolute Gasteiger partial charge is 0.264 e. The van der Waals surface area contributed by atoms with Gasteiger partial charge in [0.1, 0.15) is 0 Å². The Morgan fingerprint density at radius 2 is 1.89 bits per heavy atom. The van der Waals surface area contributed by atoms with Crippen molar-refractivity contribution in [2.24, 2.45) is 0 Å². The third-order valence-electron chi connectivity index (χ3n) is 4.66. The maximum absolute atomic E-state index is 13.5. The Balaban J connectivity index is 1.77. The van der Waals surface area contributed by atoms with Crippen LogP contribution in [0.25, 0.3) is 0 Å². The minimum Gasteiger partial charge on any atom is -0.326 e. The van der Waals surface area contributed by atoms with Crippen LogP contribution in [0, 0.1) is 6.92 Å². The van der Waals surface area contributed by atoms with Gasteiger partial charge in [-0.1, -0.05) is 23.8 Å². The number of pyridine rings is 1. The van der Waals surface area contributed by atoms with Crippen molar-refractivity contribution in [3.63, 3.8) is 0 Å². The largest absolute Gasteiger partial charge is 0.326 e. The van der Waals surface area contributed by atoms with Gasteiger partial charge in [-0.05, 0) is 54.4 Å². The van der Waals surface area contributed by atoms with Crippen molar-refractivity contribution in [2.45, 2.75) is 24.8 Å². The molecule has 1 amide bonds. The number of nitrogens with one attached hydrogen (secondary N) is 1. The van der Waals surface area contributed by atoms with E-state index in [4.69, 9.17) is 0 Å². The van der Waals surface area contributed by atoms with E-state index in [1.54, 1.807) is 42.7 Å². The van der Waals surface area contributed by atoms with E-state index in [1.165, 1.54) is 10.4 Å². The fourth-order valence-corrected chi connectivity index (χ4v) is 4.68. The molecule has 3 aromatic rings. The molecular formula is C21H19N3O3S. The predicted octanol–water partition coefficient (Wildman–Crippen LogP) is 3.28. The molecular weight excluding hydrogens is 374 g/mol. The van der Waals surface area contributed by atoms with E-state index in [0.29, 0.717) is 16.9 Å². The molecule has 0 saturated heterocycles. The van der Waals surface area contributed by atoms with E-state index in [1.807, 2.05) is 25.1 Å². The second kappa shape index (κ2) is 7.09. The Labute approximate surface area is 163 Å². The number of anilines is 2. The van der Waals surface area contributed by atoms with Crippen molar-refractivity contribution in [2.75, 3.05) is 9.62 Å². The van der Waals surface area contributed by atoms with Crippen LogP contribution < -0.4 is 9.62 Å². The second-order valence-electron chi connectivity index (χ2n) is 6.75. The number of benzene rings is 2. The molecule has 1 aromatic heterocycles. The normalized spacial score (nSPS) is 13.1. The molecule has 0 atom stereocenters. The number of nitrogens with zero attached hydrogens (tertiary/aromatic N) is 2. The van der Waals surface area contributed by atoms with Gasteiger partial charge in [-0.15, -0.1) is 0 Å². The third kappa shape index (κ3) is 3.48. The van der Waals surface area contributed by atoms with E-state index in [-0.39, 0.29) is 23.8 Å². The van der Waals surface area contributed by atoms with Gasteiger partial charge in [-0.3, -0.25) is 14.1 Å². The molecule has 2 heterocycles. The first-order valence-electron chi connectivity index (χ1n) is 8.84. The summed E-state index contributed by atoms with van der Waals surface area (Å²) in [5.74, 6) is -0.129. The Morgan fingerprint density at radius 3 is 2.61 bits per heavy atom. The van der Waals surface area contributed by atoms with E-state index >= 15 is 0 Å². The quantitative estimate of drug-likeness (QED) is 0.721. The van der Waals surface area contributed by atoms with E-state index in [0.717, 1.165) is 11.1 Å². The molecule has 0 fully saturated rings. The van der Waals surface area contributed by atoms with Crippen LogP contribution in [-0.2, 0) is 27.8 Å². The molecule has 2 aromatic carbocycles. The van der Waals surface area contributed by atoms with E-state index in [2.05, 4.69) is 10.3 Å². The molecule has 28 heavy (non-hydrogen) atoms. The first-order valence-corrected chi connectivity index (χ1v) is 10.3. The summed E-state index contributed by atoms with van der Waals surface area (Å²) in [6, 6.07) is 15.7. The van der Waals surface area contributed by atoms with Gasteiger partial charge in [-0.2, -0.15) is 0 Å². The summed E-state index contributed by atoms with van der Waals surface area (Å²) < 4.78 is 28.4. The summed E-state index contributed by atoms with van der Waals surface area (Å²) in [5, 5.41) is 2.73. The van der Waals surface area contributed by atoms with Crippen molar-refractivity contribution in [3.05, 3.63) is 83.7 Å². The maximum Gasteiger partial charge on any atom is 0.264 e. The van der Waals surface area contributed by atoms with Crippen LogP contribution in [0.4, 0.5) is 11.4 Å². The van der Waals surface area contributed by atoms with Crippen molar-refractivity contribution in [1.29, 1.82) is 0 Å². The lowest BCUT2D eigenvalue weighted by molar-refractivity contribution is -0.115. The zero-order valence-corrected chi connectivity index (χ0v) is 16.1. The Kier molecular flexibility index (Phi) is 4.60. The standard InChI is InChI=1S/C21H19N3O3S/c1-15-4-6-18(7-5-15)24(14-16-3-2-10-22-13-16)28(26,27)19-8-9-20-17(11-19)12-21(25)23-20/h2-11,13H,12,14H2,1H3,(H,23,25). The van der Waals surface area contributed by atoms with Gasteiger partial charge >= 0.3 is 0 Å². The van der Waals surface area contributed by atoms with Crippen molar-refractivity contribution in [3.8, 4) is 0 Å². The first-order chi connectivity index (χ1) is 13.4. The molecule has 6 nitrogen and oxygen atoms in total. The number of rotatable bonds is 5. The summed E-state index contributed by atoms with van der Waals surface area (Å²) in [4.78, 5) is 15.9. The van der Waals surface area contributed by atoms with E-state index in [9.17, 15) is 13.2 Å². The van der Waals surface area contributed by atoms with Crippen molar-refractivity contribution >= 4 is 27.3 Å². The van der Waals surface area contributed by atoms with Gasteiger partial charge in [0.2, 0.25) is 5.91 Å². The van der Waals surface area contributed by atoms with Crippen LogP contribution >= 0.6 is 0 Å². The number of carbonyl (C=O) groups is 1. The van der Waals surface area contributed by atoms with Gasteiger partial charge < -0.3 is 5.32 Å². The summed E-state index contributed by atoms with van der Waals surface area (Å²) in [6.45, 7) is 2.11. The molecule has 0 bridgehead atoms. The summed E-state index contributed by atoms with van der Waals surface area (Å²) >= 11 is 0. The molecule has 7 heteroatoms.